The van der Waals surface area contributed by atoms with Crippen LogP contribution in [0.1, 0.15) is 30.8 Å². The molecule has 0 aromatic heterocycles. The monoisotopic (exact) mass is 424 g/mol. The van der Waals surface area contributed by atoms with Crippen LogP contribution in [0.2, 0.25) is 0 Å². The second-order valence-electron chi connectivity index (χ2n) is 5.95. The molecular weight excluding hydrogens is 399 g/mol. The minimum atomic E-state index is -3.54. The van der Waals surface area contributed by atoms with E-state index in [1.165, 1.54) is 12.1 Å². The summed E-state index contributed by atoms with van der Waals surface area (Å²) < 4.78 is 24.7. The summed E-state index contributed by atoms with van der Waals surface area (Å²) in [4.78, 5) is 11.6. The second kappa shape index (κ2) is 10.1. The fourth-order valence-corrected chi connectivity index (χ4v) is 5.08. The Hall–Kier alpha value is -1.86. The van der Waals surface area contributed by atoms with E-state index in [4.69, 9.17) is 9.05 Å². The van der Waals surface area contributed by atoms with E-state index in [0.717, 1.165) is 10.5 Å². The van der Waals surface area contributed by atoms with Gasteiger partial charge in [0.05, 0.1) is 18.1 Å². The number of nitro benzene ring substituents is 1. The van der Waals surface area contributed by atoms with Gasteiger partial charge in [-0.1, -0.05) is 12.1 Å². The average molecular weight is 424 g/mol. The van der Waals surface area contributed by atoms with Crippen LogP contribution in [0.3, 0.4) is 0 Å². The van der Waals surface area contributed by atoms with E-state index in [0.29, 0.717) is 11.3 Å². The normalized spacial score (nSPS) is 12.6. The summed E-state index contributed by atoms with van der Waals surface area (Å²) in [7, 11) is -3.54. The zero-order valence-electron chi connectivity index (χ0n) is 16.4. The van der Waals surface area contributed by atoms with Gasteiger partial charge in [0.2, 0.25) is 0 Å². The molecule has 9 heteroatoms. The highest BCUT2D eigenvalue weighted by Crippen LogP contribution is 2.61. The number of hydrogen-bond donors (Lipinski definition) is 1. The molecule has 0 bridgehead atoms. The number of aryl methyl sites for hydroxylation is 1. The first-order chi connectivity index (χ1) is 13.3. The third kappa shape index (κ3) is 5.35. The molecule has 0 fully saturated rings. The molecular formula is C19H25N2O5PS. The summed E-state index contributed by atoms with van der Waals surface area (Å²) in [5, 5.41) is 14.2. The molecule has 152 valence electrons. The van der Waals surface area contributed by atoms with E-state index in [1.54, 1.807) is 38.6 Å². The number of nitrogens with zero attached hydrogens (tertiary/aromatic N) is 1. The van der Waals surface area contributed by atoms with Crippen LogP contribution < -0.4 is 5.32 Å². The molecule has 0 radical (unpaired) electrons. The van der Waals surface area contributed by atoms with Crippen molar-refractivity contribution in [3.05, 3.63) is 63.7 Å². The van der Waals surface area contributed by atoms with Crippen molar-refractivity contribution >= 4 is 30.7 Å². The van der Waals surface area contributed by atoms with E-state index in [9.17, 15) is 14.7 Å². The van der Waals surface area contributed by atoms with Gasteiger partial charge in [0.1, 0.15) is 0 Å². The highest BCUT2D eigenvalue weighted by molar-refractivity contribution is 7.98. The van der Waals surface area contributed by atoms with Crippen LogP contribution in [0.15, 0.2) is 47.4 Å². The van der Waals surface area contributed by atoms with Crippen LogP contribution in [-0.2, 0) is 13.6 Å². The van der Waals surface area contributed by atoms with Gasteiger partial charge in [-0.3, -0.25) is 14.7 Å². The van der Waals surface area contributed by atoms with Crippen molar-refractivity contribution in [1.29, 1.82) is 0 Å². The molecule has 0 heterocycles. The molecule has 28 heavy (non-hydrogen) atoms. The molecule has 0 aliphatic heterocycles. The van der Waals surface area contributed by atoms with Crippen LogP contribution in [-0.4, -0.2) is 24.4 Å². The van der Waals surface area contributed by atoms with Crippen LogP contribution in [0, 0.1) is 17.0 Å². The van der Waals surface area contributed by atoms with Crippen LogP contribution in [0.4, 0.5) is 11.4 Å². The van der Waals surface area contributed by atoms with E-state index < -0.39 is 18.3 Å². The average Bonchev–Trinajstić information content (AvgIpc) is 2.67. The summed E-state index contributed by atoms with van der Waals surface area (Å²) in [6.45, 7) is 5.75. The lowest BCUT2D eigenvalue weighted by Crippen LogP contribution is -2.16. The van der Waals surface area contributed by atoms with Crippen molar-refractivity contribution in [2.45, 2.75) is 31.4 Å². The van der Waals surface area contributed by atoms with Gasteiger partial charge in [0, 0.05) is 22.7 Å². The summed E-state index contributed by atoms with van der Waals surface area (Å²) >= 11 is 1.61. The van der Waals surface area contributed by atoms with Gasteiger partial charge in [0.15, 0.2) is 5.78 Å². The standard InChI is InChI=1S/C19H25N2O5PS/c1-5-25-27(24,26-6-2)19(15-7-10-17(28-4)11-8-15)20-18-12-9-16(21(22)23)13-14(18)3/h7-13,19-20H,5-6H2,1-4H3. The first-order valence-corrected chi connectivity index (χ1v) is 11.7. The Morgan fingerprint density at radius 3 is 2.21 bits per heavy atom. The fraction of sp³-hybridized carbons (Fsp3) is 0.368. The molecule has 1 unspecified atom stereocenters. The van der Waals surface area contributed by atoms with Crippen LogP contribution in [0.5, 0.6) is 0 Å². The largest absolute Gasteiger partial charge is 0.368 e. The summed E-state index contributed by atoms with van der Waals surface area (Å²) in [5.74, 6) is -0.747. The third-order valence-electron chi connectivity index (χ3n) is 4.08. The second-order valence-corrected chi connectivity index (χ2v) is 8.94. The maximum Gasteiger partial charge on any atom is 0.357 e. The molecule has 1 atom stereocenters. The van der Waals surface area contributed by atoms with Gasteiger partial charge < -0.3 is 14.4 Å². The molecule has 1 N–H and O–H groups in total. The Labute approximate surface area is 169 Å². The van der Waals surface area contributed by atoms with E-state index in [1.807, 2.05) is 30.5 Å². The van der Waals surface area contributed by atoms with Crippen molar-refractivity contribution < 1.29 is 18.5 Å². The van der Waals surface area contributed by atoms with E-state index in [-0.39, 0.29) is 18.9 Å². The molecule has 2 aromatic rings. The highest BCUT2D eigenvalue weighted by atomic mass is 32.2. The van der Waals surface area contributed by atoms with Gasteiger partial charge in [-0.15, -0.1) is 11.8 Å². The van der Waals surface area contributed by atoms with E-state index in [2.05, 4.69) is 5.32 Å². The molecule has 0 aliphatic rings. The van der Waals surface area contributed by atoms with Gasteiger partial charge >= 0.3 is 7.60 Å². The number of rotatable bonds is 10. The maximum absolute atomic E-state index is 13.5. The molecule has 0 saturated carbocycles. The smallest absolute Gasteiger partial charge is 0.357 e. The zero-order valence-corrected chi connectivity index (χ0v) is 18.1. The number of non-ortho nitro benzene ring substituents is 1. The topological polar surface area (TPSA) is 90.7 Å². The molecule has 0 saturated heterocycles. The van der Waals surface area contributed by atoms with Gasteiger partial charge in [0.25, 0.3) is 5.69 Å². The lowest BCUT2D eigenvalue weighted by molar-refractivity contribution is -0.384. The fourth-order valence-electron chi connectivity index (χ4n) is 2.75. The SMILES string of the molecule is CCOP(=O)(OCC)C(Nc1ccc([N+](=O)[O-])cc1C)c1ccc(SC)cc1. The lowest BCUT2D eigenvalue weighted by Gasteiger charge is -2.28. The molecule has 0 amide bonds. The van der Waals surface area contributed by atoms with Crippen molar-refractivity contribution in [2.75, 3.05) is 24.8 Å². The number of thioether (sulfide) groups is 1. The number of anilines is 1. The quantitative estimate of drug-likeness (QED) is 0.216. The lowest BCUT2D eigenvalue weighted by atomic mass is 10.1. The summed E-state index contributed by atoms with van der Waals surface area (Å²) in [6.07, 6.45) is 1.98. The minimum Gasteiger partial charge on any atom is -0.368 e. The van der Waals surface area contributed by atoms with Crippen molar-refractivity contribution in [1.82, 2.24) is 0 Å². The Morgan fingerprint density at radius 2 is 1.75 bits per heavy atom. The highest BCUT2D eigenvalue weighted by Gasteiger charge is 2.37. The van der Waals surface area contributed by atoms with Crippen LogP contribution in [0.25, 0.3) is 0 Å². The predicted octanol–water partition coefficient (Wildman–Crippen LogP) is 6.00. The Balaban J connectivity index is 2.48. The molecule has 7 nitrogen and oxygen atoms in total. The van der Waals surface area contributed by atoms with Gasteiger partial charge in [-0.05, 0) is 56.4 Å². The van der Waals surface area contributed by atoms with Crippen molar-refractivity contribution in [2.24, 2.45) is 0 Å². The Bertz CT molecular complexity index is 850. The van der Waals surface area contributed by atoms with E-state index >= 15 is 0 Å². The summed E-state index contributed by atoms with van der Waals surface area (Å²) in [6, 6.07) is 12.2. The number of nitro groups is 1. The first-order valence-electron chi connectivity index (χ1n) is 8.89. The predicted molar refractivity (Wildman–Crippen MR) is 113 cm³/mol. The zero-order chi connectivity index (χ0) is 20.7. The van der Waals surface area contributed by atoms with Gasteiger partial charge in [-0.25, -0.2) is 0 Å². The van der Waals surface area contributed by atoms with Gasteiger partial charge in [-0.2, -0.15) is 0 Å². The van der Waals surface area contributed by atoms with Crippen LogP contribution >= 0.6 is 19.4 Å². The first kappa shape index (κ1) is 22.4. The number of benzene rings is 2. The minimum absolute atomic E-state index is 0.00159. The molecule has 0 spiro atoms. The number of nitrogens with one attached hydrogen (secondary N) is 1. The summed E-state index contributed by atoms with van der Waals surface area (Å²) in [5.41, 5.74) is 2.05. The molecule has 0 aliphatic carbocycles. The van der Waals surface area contributed by atoms with Crippen molar-refractivity contribution in [3.63, 3.8) is 0 Å². The Morgan fingerprint density at radius 1 is 1.14 bits per heavy atom. The molecule has 2 aromatic carbocycles. The Kier molecular flexibility index (Phi) is 8.07. The molecule has 2 rings (SSSR count). The maximum atomic E-state index is 13.5. The van der Waals surface area contributed by atoms with Crippen molar-refractivity contribution in [3.8, 4) is 0 Å². The third-order valence-corrected chi connectivity index (χ3v) is 7.12. The number of hydrogen-bond acceptors (Lipinski definition) is 7.